The van der Waals surface area contributed by atoms with Crippen LogP contribution in [-0.4, -0.2) is 40.8 Å². The maximum Gasteiger partial charge on any atom is 0.307 e. The molecular weight excluding hydrogens is 270 g/mol. The third-order valence-electron chi connectivity index (χ3n) is 4.88. The van der Waals surface area contributed by atoms with Gasteiger partial charge in [0.25, 0.3) is 0 Å². The lowest BCUT2D eigenvalue weighted by Gasteiger charge is -2.30. The van der Waals surface area contributed by atoms with E-state index >= 15 is 0 Å². The van der Waals surface area contributed by atoms with Crippen LogP contribution in [0, 0.1) is 11.3 Å². The Morgan fingerprint density at radius 3 is 2.10 bits per heavy atom. The van der Waals surface area contributed by atoms with Crippen LogP contribution < -0.4 is 0 Å². The largest absolute Gasteiger partial charge is 0.481 e. The normalized spacial score (nSPS) is 18.5. The number of aliphatic carboxylic acids is 1. The third-order valence-corrected chi connectivity index (χ3v) is 4.88. The first-order chi connectivity index (χ1) is 9.69. The van der Waals surface area contributed by atoms with Gasteiger partial charge in [-0.05, 0) is 40.0 Å². The molecule has 1 N–H and O–H groups in total. The second-order valence-electron chi connectivity index (χ2n) is 6.59. The summed E-state index contributed by atoms with van der Waals surface area (Å²) in [4.78, 5) is 37.1. The average Bonchev–Trinajstić information content (AvgIpc) is 2.86. The Kier molecular flexibility index (Phi) is 5.93. The van der Waals surface area contributed by atoms with Crippen LogP contribution in [-0.2, 0) is 14.4 Å². The van der Waals surface area contributed by atoms with Crippen molar-refractivity contribution >= 4 is 17.7 Å². The molecule has 0 saturated heterocycles. The molecule has 1 fully saturated rings. The lowest BCUT2D eigenvalue weighted by Crippen LogP contribution is -2.37. The molecule has 1 atom stereocenters. The third kappa shape index (κ3) is 4.29. The molecular formula is C16H27NO4. The number of hydrogen-bond donors (Lipinski definition) is 1. The van der Waals surface area contributed by atoms with Gasteiger partial charge in [0.05, 0.1) is 5.92 Å². The maximum absolute atomic E-state index is 12.1. The van der Waals surface area contributed by atoms with Crippen molar-refractivity contribution in [2.45, 2.75) is 65.3 Å². The number of amides is 1. The van der Waals surface area contributed by atoms with E-state index in [1.54, 1.807) is 18.9 Å². The number of rotatable bonds is 7. The molecule has 1 unspecified atom stereocenters. The highest BCUT2D eigenvalue weighted by molar-refractivity contribution is 5.85. The van der Waals surface area contributed by atoms with Crippen LogP contribution in [0.2, 0.25) is 0 Å². The summed E-state index contributed by atoms with van der Waals surface area (Å²) < 4.78 is 0. The molecule has 120 valence electrons. The summed E-state index contributed by atoms with van der Waals surface area (Å²) in [6.45, 7) is 5.33. The van der Waals surface area contributed by atoms with Gasteiger partial charge in [0.1, 0.15) is 5.78 Å². The van der Waals surface area contributed by atoms with Gasteiger partial charge in [-0.3, -0.25) is 14.4 Å². The number of Topliss-reactive ketones (excluding diaryl/α,β-unsaturated/α-hetero) is 1. The van der Waals surface area contributed by atoms with E-state index in [9.17, 15) is 19.5 Å². The fourth-order valence-electron chi connectivity index (χ4n) is 3.11. The van der Waals surface area contributed by atoms with Gasteiger partial charge in [-0.15, -0.1) is 0 Å². The van der Waals surface area contributed by atoms with Crippen molar-refractivity contribution in [2.24, 2.45) is 11.3 Å². The molecule has 0 aliphatic heterocycles. The van der Waals surface area contributed by atoms with Crippen molar-refractivity contribution in [3.63, 3.8) is 0 Å². The number of hydrogen-bond acceptors (Lipinski definition) is 3. The lowest BCUT2D eigenvalue weighted by molar-refractivity contribution is -0.148. The molecule has 0 heterocycles. The standard InChI is InChI=1S/C16H27NO4/c1-11(2)17(4)14(19)9-13(15(20)21)10-16(12(3)18)7-5-6-8-16/h11,13H,5-10H2,1-4H3,(H,20,21). The van der Waals surface area contributed by atoms with Gasteiger partial charge < -0.3 is 10.0 Å². The second-order valence-corrected chi connectivity index (χ2v) is 6.59. The number of carboxylic acid groups (broad SMARTS) is 1. The summed E-state index contributed by atoms with van der Waals surface area (Å²) >= 11 is 0. The van der Waals surface area contributed by atoms with E-state index in [0.29, 0.717) is 0 Å². The van der Waals surface area contributed by atoms with Crippen LogP contribution in [0.25, 0.3) is 0 Å². The van der Waals surface area contributed by atoms with Crippen molar-refractivity contribution in [1.29, 1.82) is 0 Å². The topological polar surface area (TPSA) is 74.7 Å². The number of ketones is 1. The highest BCUT2D eigenvalue weighted by atomic mass is 16.4. The molecule has 0 bridgehead atoms. The van der Waals surface area contributed by atoms with Crippen molar-refractivity contribution < 1.29 is 19.5 Å². The number of carboxylic acids is 1. The van der Waals surface area contributed by atoms with Gasteiger partial charge in [-0.2, -0.15) is 0 Å². The zero-order valence-corrected chi connectivity index (χ0v) is 13.5. The van der Waals surface area contributed by atoms with Crippen molar-refractivity contribution in [3.8, 4) is 0 Å². The molecule has 0 spiro atoms. The van der Waals surface area contributed by atoms with E-state index in [-0.39, 0.29) is 30.6 Å². The molecule has 21 heavy (non-hydrogen) atoms. The Morgan fingerprint density at radius 1 is 1.19 bits per heavy atom. The molecule has 5 nitrogen and oxygen atoms in total. The van der Waals surface area contributed by atoms with Gasteiger partial charge in [0, 0.05) is 24.9 Å². The highest BCUT2D eigenvalue weighted by Crippen LogP contribution is 2.44. The molecule has 1 aliphatic rings. The van der Waals surface area contributed by atoms with Crippen LogP contribution in [0.4, 0.5) is 0 Å². The van der Waals surface area contributed by atoms with Gasteiger partial charge >= 0.3 is 5.97 Å². The Hall–Kier alpha value is -1.39. The van der Waals surface area contributed by atoms with E-state index in [0.717, 1.165) is 25.7 Å². The monoisotopic (exact) mass is 297 g/mol. The van der Waals surface area contributed by atoms with Crippen LogP contribution in [0.3, 0.4) is 0 Å². The van der Waals surface area contributed by atoms with Gasteiger partial charge in [0.2, 0.25) is 5.91 Å². The Bertz CT molecular complexity index is 411. The quantitative estimate of drug-likeness (QED) is 0.783. The van der Waals surface area contributed by atoms with Crippen LogP contribution in [0.1, 0.15) is 59.3 Å². The van der Waals surface area contributed by atoms with E-state index in [4.69, 9.17) is 0 Å². The fourth-order valence-corrected chi connectivity index (χ4v) is 3.11. The van der Waals surface area contributed by atoms with Gasteiger partial charge in [-0.1, -0.05) is 12.8 Å². The Morgan fingerprint density at radius 2 is 1.71 bits per heavy atom. The molecule has 1 rings (SSSR count). The Balaban J connectivity index is 2.81. The smallest absolute Gasteiger partial charge is 0.307 e. The predicted molar refractivity (Wildman–Crippen MR) is 79.8 cm³/mol. The molecule has 1 amide bonds. The van der Waals surface area contributed by atoms with Gasteiger partial charge in [-0.25, -0.2) is 0 Å². The summed E-state index contributed by atoms with van der Waals surface area (Å²) in [5, 5.41) is 9.42. The molecule has 0 radical (unpaired) electrons. The molecule has 1 saturated carbocycles. The van der Waals surface area contributed by atoms with E-state index < -0.39 is 17.3 Å². The first kappa shape index (κ1) is 17.7. The summed E-state index contributed by atoms with van der Waals surface area (Å²) in [5.41, 5.74) is -0.528. The minimum atomic E-state index is -0.979. The SMILES string of the molecule is CC(=O)C1(CC(CC(=O)N(C)C(C)C)C(=O)O)CCCC1. The molecule has 0 aromatic carbocycles. The molecule has 0 aromatic heterocycles. The summed E-state index contributed by atoms with van der Waals surface area (Å²) in [6, 6.07) is 0.0418. The van der Waals surface area contributed by atoms with Crippen molar-refractivity contribution in [2.75, 3.05) is 7.05 Å². The summed E-state index contributed by atoms with van der Waals surface area (Å²) in [5.74, 6) is -1.86. The van der Waals surface area contributed by atoms with Crippen LogP contribution >= 0.6 is 0 Å². The van der Waals surface area contributed by atoms with Crippen molar-refractivity contribution in [3.05, 3.63) is 0 Å². The highest BCUT2D eigenvalue weighted by Gasteiger charge is 2.42. The first-order valence-electron chi connectivity index (χ1n) is 7.69. The summed E-state index contributed by atoms with van der Waals surface area (Å²) in [6.07, 6.45) is 3.69. The minimum Gasteiger partial charge on any atom is -0.481 e. The molecule has 5 heteroatoms. The number of carbonyl (C=O) groups excluding carboxylic acids is 2. The van der Waals surface area contributed by atoms with Crippen molar-refractivity contribution in [1.82, 2.24) is 4.90 Å². The number of nitrogens with zero attached hydrogens (tertiary/aromatic N) is 1. The minimum absolute atomic E-state index is 0.0287. The zero-order valence-electron chi connectivity index (χ0n) is 13.5. The summed E-state index contributed by atoms with van der Waals surface area (Å²) in [7, 11) is 1.68. The van der Waals surface area contributed by atoms with Gasteiger partial charge in [0.15, 0.2) is 0 Å². The fraction of sp³-hybridized carbons (Fsp3) is 0.812. The zero-order chi connectivity index (χ0) is 16.2. The first-order valence-corrected chi connectivity index (χ1v) is 7.69. The van der Waals surface area contributed by atoms with E-state index in [1.165, 1.54) is 0 Å². The predicted octanol–water partition coefficient (Wildman–Crippen LogP) is 2.48. The van der Waals surface area contributed by atoms with E-state index in [1.807, 2.05) is 13.8 Å². The second kappa shape index (κ2) is 7.05. The van der Waals surface area contributed by atoms with Crippen LogP contribution in [0.15, 0.2) is 0 Å². The average molecular weight is 297 g/mol. The van der Waals surface area contributed by atoms with Crippen LogP contribution in [0.5, 0.6) is 0 Å². The van der Waals surface area contributed by atoms with E-state index in [2.05, 4.69) is 0 Å². The molecule has 1 aliphatic carbocycles. The molecule has 0 aromatic rings. The number of carbonyl (C=O) groups is 3. The Labute approximate surface area is 126 Å². The maximum atomic E-state index is 12.1. The lowest BCUT2D eigenvalue weighted by atomic mass is 9.74.